The van der Waals surface area contributed by atoms with Gasteiger partial charge in [-0.15, -0.1) is 0 Å². The zero-order valence-corrected chi connectivity index (χ0v) is 15.0. The molecular formula is C21H20N2O4. The number of rotatable bonds is 4. The summed E-state index contributed by atoms with van der Waals surface area (Å²) < 4.78 is 11.1. The molecule has 4 rings (SSSR count). The Kier molecular flexibility index (Phi) is 4.54. The highest BCUT2D eigenvalue weighted by atomic mass is 16.5. The summed E-state index contributed by atoms with van der Waals surface area (Å²) in [6, 6.07) is 10.3. The fourth-order valence-corrected chi connectivity index (χ4v) is 3.55. The van der Waals surface area contributed by atoms with Crippen molar-refractivity contribution in [1.82, 2.24) is 5.43 Å². The van der Waals surface area contributed by atoms with Gasteiger partial charge in [-0.3, -0.25) is 4.79 Å². The fourth-order valence-electron chi connectivity index (χ4n) is 3.55. The molecule has 27 heavy (non-hydrogen) atoms. The highest BCUT2D eigenvalue weighted by Crippen LogP contribution is 2.36. The maximum Gasteiger partial charge on any atom is 0.275 e. The van der Waals surface area contributed by atoms with E-state index in [1.165, 1.54) is 13.3 Å². The van der Waals surface area contributed by atoms with E-state index in [0.29, 0.717) is 16.9 Å². The van der Waals surface area contributed by atoms with Crippen LogP contribution in [0.2, 0.25) is 0 Å². The molecule has 0 saturated carbocycles. The van der Waals surface area contributed by atoms with Crippen molar-refractivity contribution in [2.75, 3.05) is 7.11 Å². The molecule has 6 heteroatoms. The molecule has 0 atom stereocenters. The van der Waals surface area contributed by atoms with Crippen LogP contribution in [0.4, 0.5) is 0 Å². The second-order valence-electron chi connectivity index (χ2n) is 6.48. The number of furan rings is 1. The molecular weight excluding hydrogens is 344 g/mol. The number of carbonyl (C=O) groups excluding carboxylic acids is 1. The first-order valence-corrected chi connectivity index (χ1v) is 8.91. The SMILES string of the molecule is COc1ccccc1C(=O)N/N=C/c1c(O)ccc2oc3c(c12)CCCC3. The van der Waals surface area contributed by atoms with Gasteiger partial charge in [0.1, 0.15) is 22.8 Å². The first kappa shape index (κ1) is 17.1. The van der Waals surface area contributed by atoms with Crippen LogP contribution in [0.15, 0.2) is 45.9 Å². The van der Waals surface area contributed by atoms with Gasteiger partial charge in [-0.2, -0.15) is 5.10 Å². The summed E-state index contributed by atoms with van der Waals surface area (Å²) in [6.07, 6.45) is 5.50. The van der Waals surface area contributed by atoms with Crippen LogP contribution in [0.5, 0.6) is 11.5 Å². The Bertz CT molecular complexity index is 1040. The zero-order chi connectivity index (χ0) is 18.8. The van der Waals surface area contributed by atoms with Crippen molar-refractivity contribution in [3.05, 3.63) is 58.8 Å². The van der Waals surface area contributed by atoms with Gasteiger partial charge < -0.3 is 14.3 Å². The van der Waals surface area contributed by atoms with Crippen LogP contribution in [-0.2, 0) is 12.8 Å². The molecule has 1 heterocycles. The fraction of sp³-hybridized carbons (Fsp3) is 0.238. The van der Waals surface area contributed by atoms with Gasteiger partial charge in [0.2, 0.25) is 0 Å². The van der Waals surface area contributed by atoms with E-state index in [4.69, 9.17) is 9.15 Å². The molecule has 138 valence electrons. The van der Waals surface area contributed by atoms with Crippen molar-refractivity contribution in [1.29, 1.82) is 0 Å². The Labute approximate surface area is 156 Å². The third kappa shape index (κ3) is 3.14. The lowest BCUT2D eigenvalue weighted by atomic mass is 9.94. The van der Waals surface area contributed by atoms with Crippen LogP contribution < -0.4 is 10.2 Å². The summed E-state index contributed by atoms with van der Waals surface area (Å²) in [7, 11) is 1.51. The second-order valence-corrected chi connectivity index (χ2v) is 6.48. The lowest BCUT2D eigenvalue weighted by Gasteiger charge is -2.10. The number of methoxy groups -OCH3 is 1. The number of amides is 1. The van der Waals surface area contributed by atoms with Crippen LogP contribution in [0, 0.1) is 0 Å². The monoisotopic (exact) mass is 364 g/mol. The smallest absolute Gasteiger partial charge is 0.275 e. The van der Waals surface area contributed by atoms with E-state index >= 15 is 0 Å². The molecule has 0 bridgehead atoms. The third-order valence-electron chi connectivity index (χ3n) is 4.85. The molecule has 0 radical (unpaired) electrons. The van der Waals surface area contributed by atoms with Crippen molar-refractivity contribution in [3.63, 3.8) is 0 Å². The predicted molar refractivity (Wildman–Crippen MR) is 103 cm³/mol. The number of phenolic OH excluding ortho intramolecular Hbond substituents is 1. The number of phenols is 1. The van der Waals surface area contributed by atoms with Crippen molar-refractivity contribution in [2.45, 2.75) is 25.7 Å². The molecule has 1 aliphatic carbocycles. The number of hydrogen-bond acceptors (Lipinski definition) is 5. The number of hydrazone groups is 1. The number of nitrogens with one attached hydrogen (secondary N) is 1. The maximum atomic E-state index is 12.4. The summed E-state index contributed by atoms with van der Waals surface area (Å²) in [4.78, 5) is 12.4. The van der Waals surface area contributed by atoms with Crippen LogP contribution in [0.3, 0.4) is 0 Å². The minimum absolute atomic E-state index is 0.104. The third-order valence-corrected chi connectivity index (χ3v) is 4.85. The summed E-state index contributed by atoms with van der Waals surface area (Å²) >= 11 is 0. The van der Waals surface area contributed by atoms with Gasteiger partial charge >= 0.3 is 0 Å². The van der Waals surface area contributed by atoms with E-state index < -0.39 is 0 Å². The average molecular weight is 364 g/mol. The Morgan fingerprint density at radius 2 is 2.04 bits per heavy atom. The van der Waals surface area contributed by atoms with Crippen LogP contribution >= 0.6 is 0 Å². The van der Waals surface area contributed by atoms with Gasteiger partial charge in [0, 0.05) is 22.9 Å². The van der Waals surface area contributed by atoms with Crippen molar-refractivity contribution < 1.29 is 19.1 Å². The Hall–Kier alpha value is -3.28. The van der Waals surface area contributed by atoms with Gasteiger partial charge in [0.05, 0.1) is 18.9 Å². The van der Waals surface area contributed by atoms with Gasteiger partial charge in [0.15, 0.2) is 0 Å². The van der Waals surface area contributed by atoms with Crippen LogP contribution in [0.25, 0.3) is 11.0 Å². The number of benzene rings is 2. The number of carbonyl (C=O) groups is 1. The minimum atomic E-state index is -0.385. The van der Waals surface area contributed by atoms with Gasteiger partial charge in [-0.1, -0.05) is 12.1 Å². The Balaban J connectivity index is 1.64. The van der Waals surface area contributed by atoms with Crippen molar-refractivity contribution in [3.8, 4) is 11.5 Å². The Morgan fingerprint density at radius 3 is 2.89 bits per heavy atom. The number of aryl methyl sites for hydroxylation is 2. The quantitative estimate of drug-likeness (QED) is 0.545. The summed E-state index contributed by atoms with van der Waals surface area (Å²) in [5, 5.41) is 15.3. The van der Waals surface area contributed by atoms with Crippen LogP contribution in [0.1, 0.15) is 40.1 Å². The lowest BCUT2D eigenvalue weighted by Crippen LogP contribution is -2.18. The normalized spacial score (nSPS) is 13.7. The largest absolute Gasteiger partial charge is 0.507 e. The molecule has 0 fully saturated rings. The minimum Gasteiger partial charge on any atom is -0.507 e. The van der Waals surface area contributed by atoms with Gasteiger partial charge in [-0.25, -0.2) is 5.43 Å². The van der Waals surface area contributed by atoms with E-state index in [9.17, 15) is 9.90 Å². The molecule has 0 aliphatic heterocycles. The Morgan fingerprint density at radius 1 is 1.22 bits per heavy atom. The van der Waals surface area contributed by atoms with E-state index in [1.54, 1.807) is 36.4 Å². The standard InChI is InChI=1S/C21H20N2O4/c1-26-17-8-4-3-7-14(17)21(25)23-22-12-15-16(24)10-11-19-20(15)13-6-2-5-9-18(13)27-19/h3-4,7-8,10-12,24H,2,5-6,9H2,1H3,(H,23,25)/b22-12+. The average Bonchev–Trinajstić information content (AvgIpc) is 3.08. The van der Waals surface area contributed by atoms with Gasteiger partial charge in [0.25, 0.3) is 5.91 Å². The molecule has 6 nitrogen and oxygen atoms in total. The highest BCUT2D eigenvalue weighted by Gasteiger charge is 2.21. The van der Waals surface area contributed by atoms with E-state index in [-0.39, 0.29) is 11.7 Å². The predicted octanol–water partition coefficient (Wildman–Crippen LogP) is 3.79. The van der Waals surface area contributed by atoms with E-state index in [1.807, 2.05) is 0 Å². The van der Waals surface area contributed by atoms with E-state index in [0.717, 1.165) is 48.0 Å². The number of nitrogens with zero attached hydrogens (tertiary/aromatic N) is 1. The molecule has 1 amide bonds. The first-order chi connectivity index (χ1) is 13.2. The summed E-state index contributed by atoms with van der Waals surface area (Å²) in [5.41, 5.74) is 5.30. The molecule has 1 aliphatic rings. The molecule has 1 aromatic heterocycles. The van der Waals surface area contributed by atoms with Crippen molar-refractivity contribution in [2.24, 2.45) is 5.10 Å². The number of hydrogen-bond donors (Lipinski definition) is 2. The topological polar surface area (TPSA) is 84.1 Å². The maximum absolute atomic E-state index is 12.4. The zero-order valence-electron chi connectivity index (χ0n) is 15.0. The summed E-state index contributed by atoms with van der Waals surface area (Å²) in [5.74, 6) is 1.17. The molecule has 2 aromatic carbocycles. The van der Waals surface area contributed by atoms with Gasteiger partial charge in [-0.05, 0) is 43.5 Å². The number of ether oxygens (including phenoxy) is 1. The number of para-hydroxylation sites is 1. The summed E-state index contributed by atoms with van der Waals surface area (Å²) in [6.45, 7) is 0. The second kappa shape index (κ2) is 7.15. The van der Waals surface area contributed by atoms with E-state index in [2.05, 4.69) is 10.5 Å². The van der Waals surface area contributed by atoms with Crippen LogP contribution in [-0.4, -0.2) is 24.3 Å². The molecule has 0 unspecified atom stereocenters. The molecule has 2 N–H and O–H groups in total. The number of aromatic hydroxyl groups is 1. The highest BCUT2D eigenvalue weighted by molar-refractivity contribution is 6.04. The van der Waals surface area contributed by atoms with Crippen molar-refractivity contribution >= 4 is 23.1 Å². The molecule has 3 aromatic rings. The first-order valence-electron chi connectivity index (χ1n) is 8.91. The lowest BCUT2D eigenvalue weighted by molar-refractivity contribution is 0.0952. The molecule has 0 spiro atoms. The number of fused-ring (bicyclic) bond motifs is 3. The molecule has 0 saturated heterocycles.